The Labute approximate surface area is 775 Å². The molecule has 1 atom stereocenters. The second-order valence-corrected chi connectivity index (χ2v) is 35.3. The second-order valence-electron chi connectivity index (χ2n) is 35.3. The van der Waals surface area contributed by atoms with Crippen LogP contribution in [-0.2, 0) is 16.2 Å². The highest BCUT2D eigenvalue weighted by Crippen LogP contribution is 2.67. The first kappa shape index (κ1) is 75.9. The summed E-state index contributed by atoms with van der Waals surface area (Å²) in [4.78, 5) is 27.4. The van der Waals surface area contributed by atoms with E-state index in [0.717, 1.165) is 157 Å². The van der Waals surface area contributed by atoms with Gasteiger partial charge in [-0.2, -0.15) is 0 Å². The normalized spacial score (nSPS) is 14.4. The van der Waals surface area contributed by atoms with E-state index >= 15 is 0 Å². The van der Waals surface area contributed by atoms with Gasteiger partial charge in [0.2, 0.25) is 11.8 Å². The molecule has 6 aliphatic rings. The number of pyridine rings is 3. The Hall–Kier alpha value is -18.1. The van der Waals surface area contributed by atoms with Gasteiger partial charge in [-0.25, -0.2) is 19.9 Å². The van der Waals surface area contributed by atoms with Crippen LogP contribution in [0.2, 0.25) is 0 Å². The molecule has 1 unspecified atom stereocenters. The summed E-state index contributed by atoms with van der Waals surface area (Å²) < 4.78 is 28.0. The van der Waals surface area contributed by atoms with Gasteiger partial charge in [0.1, 0.15) is 40.2 Å². The topological polar surface area (TPSA) is 157 Å². The van der Waals surface area contributed by atoms with Crippen LogP contribution in [0.1, 0.15) is 66.8 Å². The molecule has 16 aromatic carbocycles. The highest BCUT2D eigenvalue weighted by Gasteiger charge is 2.55. The molecule has 0 N–H and O–H groups in total. The van der Waals surface area contributed by atoms with Crippen molar-refractivity contribution in [3.05, 3.63) is 498 Å². The van der Waals surface area contributed by atoms with E-state index in [4.69, 9.17) is 43.5 Å². The van der Waals surface area contributed by atoms with Crippen LogP contribution in [0.5, 0.6) is 34.5 Å². The lowest BCUT2D eigenvalue weighted by Gasteiger charge is -2.39. The van der Waals surface area contributed by atoms with Crippen molar-refractivity contribution >= 4 is 10.9 Å². The molecule has 3 spiro atoms. The Bertz CT molecular complexity index is 8650. The number of fused-ring (bicyclic) bond motifs is 28. The fourth-order valence-electron chi connectivity index (χ4n) is 22.4. The van der Waals surface area contributed by atoms with Crippen LogP contribution in [0.25, 0.3) is 169 Å². The van der Waals surface area contributed by atoms with Crippen LogP contribution in [0.3, 0.4) is 0 Å². The second kappa shape index (κ2) is 29.5. The van der Waals surface area contributed by atoms with Gasteiger partial charge in [-0.15, -0.1) is 20.4 Å². The minimum absolute atomic E-state index is 0.385. The molecule has 3 aliphatic heterocycles. The quantitative estimate of drug-likeness (QED) is 0.121. The molecule has 0 fully saturated rings. The van der Waals surface area contributed by atoms with Gasteiger partial charge < -0.3 is 18.6 Å². The lowest BCUT2D eigenvalue weighted by molar-refractivity contribution is 0.436. The van der Waals surface area contributed by atoms with E-state index in [9.17, 15) is 0 Å². The molecule has 6 aromatic heterocycles. The van der Waals surface area contributed by atoms with Crippen LogP contribution in [0.4, 0.5) is 0 Å². The average Bonchev–Trinajstić information content (AvgIpc) is 1.55. The lowest BCUT2D eigenvalue weighted by Crippen LogP contribution is -2.32. The number of rotatable bonds is 11. The molecular weight excluding hydrogens is 1660 g/mol. The van der Waals surface area contributed by atoms with E-state index in [-0.39, 0.29) is 0 Å². The monoisotopic (exact) mass is 1730 g/mol. The molecule has 9 heterocycles. The number of ether oxygens (including phenoxy) is 3. The Morgan fingerprint density at radius 3 is 1.13 bits per heavy atom. The maximum Gasteiger partial charge on any atom is 0.249 e. The number of nitrogens with zero attached hydrogens (tertiary/aromatic N) is 9. The van der Waals surface area contributed by atoms with Crippen LogP contribution < -0.4 is 14.2 Å². The zero-order valence-electron chi connectivity index (χ0n) is 72.1. The molecule has 3 aliphatic carbocycles. The molecule has 0 saturated heterocycles. The summed E-state index contributed by atoms with van der Waals surface area (Å²) >= 11 is 0. The first-order chi connectivity index (χ1) is 66.8. The first-order valence-electron chi connectivity index (χ1n) is 45.4. The third-order valence-corrected chi connectivity index (χ3v) is 28.3. The molecule has 22 aromatic rings. The molecule has 13 heteroatoms. The van der Waals surface area contributed by atoms with E-state index in [1.165, 1.54) is 61.2 Å². The summed E-state index contributed by atoms with van der Waals surface area (Å²) in [6.07, 6.45) is 1.79. The fourth-order valence-corrected chi connectivity index (χ4v) is 22.4. The average molecular weight is 1730 g/mol. The van der Waals surface area contributed by atoms with Gasteiger partial charge in [0.25, 0.3) is 0 Å². The van der Waals surface area contributed by atoms with E-state index in [1.807, 2.05) is 109 Å². The third kappa shape index (κ3) is 11.3. The Morgan fingerprint density at radius 2 is 0.578 bits per heavy atom. The summed E-state index contributed by atoms with van der Waals surface area (Å²) in [6, 6.07) is 150. The molecule has 135 heavy (non-hydrogen) atoms. The molecule has 28 rings (SSSR count). The number of hydrogen-bond acceptors (Lipinski definition) is 13. The van der Waals surface area contributed by atoms with Crippen molar-refractivity contribution in [3.63, 3.8) is 0 Å². The number of para-hydroxylation sites is 3. The van der Waals surface area contributed by atoms with Crippen LogP contribution in [0.15, 0.2) is 435 Å². The zero-order valence-corrected chi connectivity index (χ0v) is 72.1. The van der Waals surface area contributed by atoms with Crippen molar-refractivity contribution in [2.45, 2.75) is 16.2 Å². The van der Waals surface area contributed by atoms with Crippen molar-refractivity contribution in [1.29, 1.82) is 0 Å². The van der Waals surface area contributed by atoms with Gasteiger partial charge in [0.05, 0.1) is 67.2 Å². The van der Waals surface area contributed by atoms with Crippen LogP contribution in [0, 0.1) is 0 Å². The van der Waals surface area contributed by atoms with Gasteiger partial charge in [-0.1, -0.05) is 315 Å². The summed E-state index contributed by atoms with van der Waals surface area (Å²) in [7, 11) is 0. The summed E-state index contributed by atoms with van der Waals surface area (Å²) in [5, 5.41) is 18.9. The molecule has 0 amide bonds. The maximum atomic E-state index is 7.45. The highest BCUT2D eigenvalue weighted by atomic mass is 16.5. The smallest absolute Gasteiger partial charge is 0.249 e. The lowest BCUT2D eigenvalue weighted by atomic mass is 9.66. The van der Waals surface area contributed by atoms with Gasteiger partial charge in [0, 0.05) is 89.5 Å². The van der Waals surface area contributed by atoms with Crippen molar-refractivity contribution < 1.29 is 18.6 Å². The van der Waals surface area contributed by atoms with Gasteiger partial charge in [0.15, 0.2) is 5.82 Å². The Morgan fingerprint density at radius 1 is 0.185 bits per heavy atom. The molecule has 628 valence electrons. The summed E-state index contributed by atoms with van der Waals surface area (Å²) in [5.41, 5.74) is 34.9. The van der Waals surface area contributed by atoms with Crippen LogP contribution in [-0.4, -0.2) is 45.3 Å². The molecule has 13 nitrogen and oxygen atoms in total. The zero-order chi connectivity index (χ0) is 88.6. The van der Waals surface area contributed by atoms with E-state index < -0.39 is 16.2 Å². The number of aromatic nitrogens is 9. The third-order valence-electron chi connectivity index (χ3n) is 28.3. The fraction of sp³-hybridized carbons (Fsp3) is 0.0246. The largest absolute Gasteiger partial charge is 0.457 e. The maximum absolute atomic E-state index is 7.45. The molecule has 0 bridgehead atoms. The SMILES string of the molecule is c1ccc(-c2ccc(-c3cccc(-c4ccc5c(c4)Oc4ccccc4C54c5ccccc5-c5cc(-c6ccc(-c7nc(-c8ccc(-c9ccc%10c(c9)Oc9cc(-c%11ccc(-c%12nnc(-c%13ccccc%13)o%12)cn%11)ccc9C%109c%10ccccc%10-c%10ccccc%109)nc8-c8ccc9c(c8)Oc8ccccc8C98c9ccccc9-c9ccccc98)nc8ccccc78)cc6)ccc54)n3)nn2)cc1. The number of hydrogen-bond donors (Lipinski definition) is 0. The van der Waals surface area contributed by atoms with Gasteiger partial charge >= 0.3 is 0 Å². The van der Waals surface area contributed by atoms with E-state index in [1.54, 1.807) is 6.20 Å². The summed E-state index contributed by atoms with van der Waals surface area (Å²) in [5.74, 6) is 5.85. The minimum Gasteiger partial charge on any atom is -0.457 e. The Balaban J connectivity index is 0.562. The van der Waals surface area contributed by atoms with E-state index in [2.05, 4.69) is 336 Å². The van der Waals surface area contributed by atoms with E-state index in [0.29, 0.717) is 51.8 Å². The Kier molecular flexibility index (Phi) is 16.6. The predicted octanol–water partition coefficient (Wildman–Crippen LogP) is 28.7. The van der Waals surface area contributed by atoms with Gasteiger partial charge in [-0.05, 0) is 187 Å². The predicted molar refractivity (Wildman–Crippen MR) is 528 cm³/mol. The van der Waals surface area contributed by atoms with Crippen molar-refractivity contribution in [3.8, 4) is 192 Å². The van der Waals surface area contributed by atoms with Gasteiger partial charge in [-0.3, -0.25) is 4.98 Å². The highest BCUT2D eigenvalue weighted by molar-refractivity contribution is 5.98. The van der Waals surface area contributed by atoms with Crippen LogP contribution >= 0.6 is 0 Å². The van der Waals surface area contributed by atoms with Crippen molar-refractivity contribution in [1.82, 2.24) is 45.3 Å². The van der Waals surface area contributed by atoms with Crippen molar-refractivity contribution in [2.24, 2.45) is 0 Å². The minimum atomic E-state index is -0.768. The first-order valence-corrected chi connectivity index (χ1v) is 45.4. The molecule has 0 radical (unpaired) electrons. The molecule has 0 saturated carbocycles. The van der Waals surface area contributed by atoms with Crippen molar-refractivity contribution in [2.75, 3.05) is 0 Å². The standard InChI is InChI=1S/C122H71N9O4/c1-3-24-73(25-4-1)105-64-65-108(129-128-105)107-43-23-42-103(124-107)78-52-59-98-111(68-78)132-110-45-22-19-40-97(110)122(98)94-38-17-11-32-86(94)89-66-76(50-57-95(89)122)72-46-48-74(49-47-72)115-87-33-12-20-41-106(87)126-117(127-115)88-56-63-104(125-116(88)80-54-61-101-114(70-80)133-109-44-21-18-39-96(109)120(101)90-34-13-7-28-82(90)83-29-8-14-35-91(83)120)79-53-60-100-113(69-79)134-112-67-77(102-62-55-81(71-123-102)119-131-130-118(135-119)75-26-5-2-6-27-75)51-58-99(112)121(100)92-36-15-9-30-84(92)85-31-10-16-37-93(85)121/h1-71H. The summed E-state index contributed by atoms with van der Waals surface area (Å²) in [6.45, 7) is 0. The number of benzene rings is 16. The molecular formula is C122H71N9O4.